The topological polar surface area (TPSA) is 144 Å². The summed E-state index contributed by atoms with van der Waals surface area (Å²) in [4.78, 5) is -0.172. The molecule has 8 nitrogen and oxygen atoms in total. The van der Waals surface area contributed by atoms with Crippen molar-refractivity contribution in [1.29, 1.82) is 0 Å². The van der Waals surface area contributed by atoms with E-state index in [1.807, 2.05) is 0 Å². The molecule has 0 saturated carbocycles. The smallest absolute Gasteiger partial charge is 0.240 e. The molecule has 0 aromatic heterocycles. The highest BCUT2D eigenvalue weighted by atomic mass is 32.2. The third-order valence-corrected chi connectivity index (χ3v) is 4.62. The summed E-state index contributed by atoms with van der Waals surface area (Å²) < 4.78 is 47.3. The highest BCUT2D eigenvalue weighted by Gasteiger charge is 2.15. The summed E-state index contributed by atoms with van der Waals surface area (Å²) >= 11 is 0. The third kappa shape index (κ3) is 4.67. The minimum atomic E-state index is -3.94. The number of hydrogen-bond donors (Lipinski definition) is 4. The van der Waals surface area contributed by atoms with Gasteiger partial charge in [-0.1, -0.05) is 0 Å². The minimum Gasteiger partial charge on any atom is -0.399 e. The molecule has 0 aliphatic heterocycles. The monoisotopic (exact) mass is 308 g/mol. The lowest BCUT2D eigenvalue weighted by molar-refractivity contribution is 0.588. The van der Waals surface area contributed by atoms with E-state index in [9.17, 15) is 16.8 Å². The van der Waals surface area contributed by atoms with Crippen molar-refractivity contribution in [3.8, 4) is 0 Å². The van der Waals surface area contributed by atoms with Gasteiger partial charge in [0.2, 0.25) is 20.0 Å². The van der Waals surface area contributed by atoms with Gasteiger partial charge in [0.05, 0.1) is 11.4 Å². The van der Waals surface area contributed by atoms with E-state index >= 15 is 0 Å². The zero-order chi connectivity index (χ0) is 14.7. The van der Waals surface area contributed by atoms with Crippen LogP contribution in [0, 0.1) is 0 Å². The van der Waals surface area contributed by atoms with Crippen LogP contribution in [-0.4, -0.2) is 36.2 Å². The van der Waals surface area contributed by atoms with Crippen LogP contribution < -0.4 is 20.9 Å². The maximum Gasteiger partial charge on any atom is 0.240 e. The number of sulfonamides is 2. The van der Waals surface area contributed by atoms with Crippen molar-refractivity contribution in [1.82, 2.24) is 4.72 Å². The van der Waals surface area contributed by atoms with Crippen LogP contribution in [0.2, 0.25) is 0 Å². The molecule has 0 radical (unpaired) electrons. The third-order valence-electron chi connectivity index (χ3n) is 2.31. The van der Waals surface area contributed by atoms with Crippen LogP contribution >= 0.6 is 0 Å². The Kier molecular flexibility index (Phi) is 4.74. The number of nitrogens with one attached hydrogen (secondary N) is 2. The molecule has 0 saturated heterocycles. The summed E-state index contributed by atoms with van der Waals surface area (Å²) in [7, 11) is -6.00. The van der Waals surface area contributed by atoms with Crippen molar-refractivity contribution in [2.75, 3.05) is 30.4 Å². The van der Waals surface area contributed by atoms with E-state index in [1.165, 1.54) is 25.2 Å². The van der Waals surface area contributed by atoms with Crippen LogP contribution in [0.3, 0.4) is 0 Å². The Bertz CT molecular complexity index is 655. The number of benzene rings is 1. The van der Waals surface area contributed by atoms with Gasteiger partial charge >= 0.3 is 0 Å². The molecule has 0 heterocycles. The molecule has 108 valence electrons. The molecule has 0 aliphatic rings. The minimum absolute atomic E-state index is 0.0373. The van der Waals surface area contributed by atoms with E-state index in [0.717, 1.165) is 0 Å². The van der Waals surface area contributed by atoms with Crippen LogP contribution in [0.1, 0.15) is 0 Å². The Balaban J connectivity index is 2.91. The lowest BCUT2D eigenvalue weighted by Crippen LogP contribution is -2.26. The maximum absolute atomic E-state index is 11.4. The van der Waals surface area contributed by atoms with Crippen molar-refractivity contribution >= 4 is 31.4 Å². The molecule has 1 aromatic carbocycles. The first-order chi connectivity index (χ1) is 8.65. The fraction of sp³-hybridized carbons (Fsp3) is 0.333. The Hall–Kier alpha value is -1.36. The zero-order valence-corrected chi connectivity index (χ0v) is 11.9. The quantitative estimate of drug-likeness (QED) is 0.490. The molecule has 1 aromatic rings. The second-order valence-corrected chi connectivity index (χ2v) is 7.33. The fourth-order valence-electron chi connectivity index (χ4n) is 1.34. The molecule has 0 unspecified atom stereocenters. The van der Waals surface area contributed by atoms with E-state index in [2.05, 4.69) is 10.0 Å². The van der Waals surface area contributed by atoms with Gasteiger partial charge in [0.25, 0.3) is 0 Å². The van der Waals surface area contributed by atoms with Gasteiger partial charge in [-0.3, -0.25) is 0 Å². The van der Waals surface area contributed by atoms with Gasteiger partial charge in [-0.2, -0.15) is 0 Å². The Morgan fingerprint density at radius 1 is 1.21 bits per heavy atom. The average molecular weight is 308 g/mol. The lowest BCUT2D eigenvalue weighted by atomic mass is 10.3. The van der Waals surface area contributed by atoms with E-state index in [4.69, 9.17) is 10.9 Å². The van der Waals surface area contributed by atoms with Gasteiger partial charge < -0.3 is 11.1 Å². The molecule has 0 atom stereocenters. The van der Waals surface area contributed by atoms with Crippen LogP contribution in [-0.2, 0) is 20.0 Å². The molecule has 0 bridgehead atoms. The number of anilines is 2. The summed E-state index contributed by atoms with van der Waals surface area (Å²) in [5, 5.41) is 7.76. The average Bonchev–Trinajstić information content (AvgIpc) is 2.29. The maximum atomic E-state index is 11.4. The first kappa shape index (κ1) is 15.7. The van der Waals surface area contributed by atoms with Crippen molar-refractivity contribution in [3.05, 3.63) is 18.2 Å². The van der Waals surface area contributed by atoms with E-state index in [0.29, 0.717) is 0 Å². The molecule has 0 fully saturated rings. The predicted octanol–water partition coefficient (Wildman–Crippen LogP) is -1.12. The largest absolute Gasteiger partial charge is 0.399 e. The molecule has 1 rings (SSSR count). The number of primary sulfonamides is 1. The summed E-state index contributed by atoms with van der Waals surface area (Å²) in [6.07, 6.45) is 0. The first-order valence-electron chi connectivity index (χ1n) is 5.23. The predicted molar refractivity (Wildman–Crippen MR) is 73.6 cm³/mol. The fourth-order valence-corrected chi connectivity index (χ4v) is 2.66. The Morgan fingerprint density at radius 2 is 1.84 bits per heavy atom. The summed E-state index contributed by atoms with van der Waals surface area (Å²) in [6, 6.07) is 4.13. The van der Waals surface area contributed by atoms with Gasteiger partial charge in [-0.15, -0.1) is 0 Å². The second kappa shape index (κ2) is 5.74. The normalized spacial score (nSPS) is 12.3. The standard InChI is InChI=1S/C9H16N4O4S2/c1-12-18(14,15)5-4-13-8-3-2-7(10)6-9(8)19(11,16)17/h2-3,6,12-13H,4-5,10H2,1H3,(H2,11,16,17). The molecule has 19 heavy (non-hydrogen) atoms. The van der Waals surface area contributed by atoms with Crippen molar-refractivity contribution in [2.45, 2.75) is 4.90 Å². The van der Waals surface area contributed by atoms with Crippen LogP contribution in [0.15, 0.2) is 23.1 Å². The second-order valence-electron chi connectivity index (χ2n) is 3.75. The summed E-state index contributed by atoms with van der Waals surface area (Å²) in [6.45, 7) is 0.0373. The molecular formula is C9H16N4O4S2. The number of hydrogen-bond acceptors (Lipinski definition) is 6. The SMILES string of the molecule is CNS(=O)(=O)CCNc1ccc(N)cc1S(N)(=O)=O. The van der Waals surface area contributed by atoms with Crippen molar-refractivity contribution < 1.29 is 16.8 Å². The van der Waals surface area contributed by atoms with Gasteiger partial charge in [0.1, 0.15) is 4.90 Å². The summed E-state index contributed by atoms with van der Waals surface area (Å²) in [5.41, 5.74) is 5.95. The first-order valence-corrected chi connectivity index (χ1v) is 8.43. The molecule has 10 heteroatoms. The number of rotatable bonds is 6. The highest BCUT2D eigenvalue weighted by Crippen LogP contribution is 2.22. The van der Waals surface area contributed by atoms with Gasteiger partial charge in [-0.25, -0.2) is 26.7 Å². The van der Waals surface area contributed by atoms with E-state index < -0.39 is 20.0 Å². The molecule has 0 aliphatic carbocycles. The van der Waals surface area contributed by atoms with Gasteiger partial charge in [0.15, 0.2) is 0 Å². The molecule has 0 amide bonds. The molecule has 0 spiro atoms. The highest BCUT2D eigenvalue weighted by molar-refractivity contribution is 7.89. The van der Waals surface area contributed by atoms with E-state index in [-0.39, 0.29) is 28.6 Å². The van der Waals surface area contributed by atoms with Crippen LogP contribution in [0.25, 0.3) is 0 Å². The zero-order valence-electron chi connectivity index (χ0n) is 10.3. The number of nitrogens with two attached hydrogens (primary N) is 2. The van der Waals surface area contributed by atoms with Gasteiger partial charge in [0, 0.05) is 12.2 Å². The Morgan fingerprint density at radius 3 is 2.37 bits per heavy atom. The van der Waals surface area contributed by atoms with Crippen LogP contribution in [0.4, 0.5) is 11.4 Å². The van der Waals surface area contributed by atoms with Crippen molar-refractivity contribution in [2.24, 2.45) is 5.14 Å². The molecule has 6 N–H and O–H groups in total. The Labute approximate surface area is 112 Å². The van der Waals surface area contributed by atoms with Gasteiger partial charge in [-0.05, 0) is 25.2 Å². The van der Waals surface area contributed by atoms with Crippen molar-refractivity contribution in [3.63, 3.8) is 0 Å². The lowest BCUT2D eigenvalue weighted by Gasteiger charge is -2.11. The molecular weight excluding hydrogens is 292 g/mol. The van der Waals surface area contributed by atoms with E-state index in [1.54, 1.807) is 0 Å². The number of nitrogen functional groups attached to an aromatic ring is 1. The van der Waals surface area contributed by atoms with Crippen LogP contribution in [0.5, 0.6) is 0 Å². The summed E-state index contributed by atoms with van der Waals surface area (Å²) in [5.74, 6) is -0.196.